The van der Waals surface area contributed by atoms with Gasteiger partial charge in [-0.2, -0.15) is 0 Å². The van der Waals surface area contributed by atoms with Gasteiger partial charge < -0.3 is 5.73 Å². The highest BCUT2D eigenvalue weighted by Gasteiger charge is 2.19. The lowest BCUT2D eigenvalue weighted by atomic mass is 10.2. The zero-order valence-corrected chi connectivity index (χ0v) is 11.0. The minimum Gasteiger partial charge on any atom is -0.384 e. The number of aromatic nitrogens is 1. The summed E-state index contributed by atoms with van der Waals surface area (Å²) in [6, 6.07) is 8.20. The van der Waals surface area contributed by atoms with Gasteiger partial charge in [-0.15, -0.1) is 0 Å². The molecule has 1 aromatic heterocycles. The molecule has 94 valence electrons. The van der Waals surface area contributed by atoms with E-state index in [4.69, 9.17) is 5.73 Å². The molecule has 1 aromatic carbocycles. The Morgan fingerprint density at radius 1 is 1.11 bits per heavy atom. The van der Waals surface area contributed by atoms with Crippen molar-refractivity contribution in [3.63, 3.8) is 0 Å². The number of benzene rings is 1. The standard InChI is InChI=1S/C13H14N2O2S/c1-9-3-5-12(10(2)7-9)18(16,17)11-4-6-13(14)15-8-11/h3-8H,1-2H3,(H2,14,15). The maximum atomic E-state index is 12.4. The number of anilines is 1. The van der Waals surface area contributed by atoms with Crippen molar-refractivity contribution >= 4 is 15.7 Å². The third-order valence-electron chi connectivity index (χ3n) is 2.69. The fourth-order valence-electron chi connectivity index (χ4n) is 1.78. The van der Waals surface area contributed by atoms with Gasteiger partial charge in [0.1, 0.15) is 5.82 Å². The van der Waals surface area contributed by atoms with Crippen LogP contribution in [0.3, 0.4) is 0 Å². The second-order valence-electron chi connectivity index (χ2n) is 4.19. The molecule has 18 heavy (non-hydrogen) atoms. The predicted molar refractivity (Wildman–Crippen MR) is 70.0 cm³/mol. The van der Waals surface area contributed by atoms with Crippen molar-refractivity contribution in [2.24, 2.45) is 0 Å². The second kappa shape index (κ2) is 4.42. The first-order valence-electron chi connectivity index (χ1n) is 5.45. The van der Waals surface area contributed by atoms with Crippen molar-refractivity contribution < 1.29 is 8.42 Å². The highest BCUT2D eigenvalue weighted by Crippen LogP contribution is 2.24. The lowest BCUT2D eigenvalue weighted by Crippen LogP contribution is -2.05. The first-order valence-corrected chi connectivity index (χ1v) is 6.93. The molecule has 0 atom stereocenters. The van der Waals surface area contributed by atoms with Gasteiger partial charge in [-0.25, -0.2) is 13.4 Å². The molecule has 0 aliphatic rings. The summed E-state index contributed by atoms with van der Waals surface area (Å²) < 4.78 is 24.8. The topological polar surface area (TPSA) is 73.0 Å². The van der Waals surface area contributed by atoms with E-state index in [-0.39, 0.29) is 4.90 Å². The fourth-order valence-corrected chi connectivity index (χ4v) is 3.20. The van der Waals surface area contributed by atoms with Crippen LogP contribution in [-0.4, -0.2) is 13.4 Å². The summed E-state index contributed by atoms with van der Waals surface area (Å²) >= 11 is 0. The molecule has 0 fully saturated rings. The van der Waals surface area contributed by atoms with Gasteiger partial charge in [-0.3, -0.25) is 0 Å². The molecule has 0 radical (unpaired) electrons. The van der Waals surface area contributed by atoms with Crippen molar-refractivity contribution in [3.05, 3.63) is 47.7 Å². The van der Waals surface area contributed by atoms with Gasteiger partial charge in [0, 0.05) is 6.20 Å². The molecule has 4 nitrogen and oxygen atoms in total. The molecule has 0 amide bonds. The molecule has 0 bridgehead atoms. The van der Waals surface area contributed by atoms with Crippen LogP contribution in [0.4, 0.5) is 5.82 Å². The van der Waals surface area contributed by atoms with Crippen LogP contribution >= 0.6 is 0 Å². The van der Waals surface area contributed by atoms with E-state index in [0.29, 0.717) is 10.7 Å². The maximum absolute atomic E-state index is 12.4. The largest absolute Gasteiger partial charge is 0.384 e. The van der Waals surface area contributed by atoms with Crippen molar-refractivity contribution in [2.45, 2.75) is 23.6 Å². The molecular formula is C13H14N2O2S. The summed E-state index contributed by atoms with van der Waals surface area (Å²) in [7, 11) is -3.52. The van der Waals surface area contributed by atoms with Crippen molar-refractivity contribution in [3.8, 4) is 0 Å². The average molecular weight is 262 g/mol. The lowest BCUT2D eigenvalue weighted by Gasteiger charge is -2.08. The first kappa shape index (κ1) is 12.6. The molecule has 1 heterocycles. The van der Waals surface area contributed by atoms with E-state index < -0.39 is 9.84 Å². The lowest BCUT2D eigenvalue weighted by molar-refractivity contribution is 0.595. The number of pyridine rings is 1. The molecule has 0 unspecified atom stereocenters. The summed E-state index contributed by atoms with van der Waals surface area (Å²) in [6.07, 6.45) is 1.28. The minimum atomic E-state index is -3.52. The zero-order chi connectivity index (χ0) is 13.3. The van der Waals surface area contributed by atoms with E-state index in [1.807, 2.05) is 13.0 Å². The smallest absolute Gasteiger partial charge is 0.208 e. The van der Waals surface area contributed by atoms with Gasteiger partial charge >= 0.3 is 0 Å². The van der Waals surface area contributed by atoms with Crippen LogP contribution in [-0.2, 0) is 9.84 Å². The Balaban J connectivity index is 2.58. The highest BCUT2D eigenvalue weighted by atomic mass is 32.2. The maximum Gasteiger partial charge on any atom is 0.208 e. The van der Waals surface area contributed by atoms with E-state index >= 15 is 0 Å². The Bertz CT molecular complexity index is 677. The first-order chi connectivity index (χ1) is 8.41. The van der Waals surface area contributed by atoms with Gasteiger partial charge in [0.2, 0.25) is 9.84 Å². The SMILES string of the molecule is Cc1ccc(S(=O)(=O)c2ccc(N)nc2)c(C)c1. The summed E-state index contributed by atoms with van der Waals surface area (Å²) in [6.45, 7) is 3.71. The number of hydrogen-bond donors (Lipinski definition) is 1. The Morgan fingerprint density at radius 2 is 1.83 bits per heavy atom. The number of hydrogen-bond acceptors (Lipinski definition) is 4. The number of nitrogens with zero attached hydrogens (tertiary/aromatic N) is 1. The Hall–Kier alpha value is -1.88. The monoisotopic (exact) mass is 262 g/mol. The summed E-state index contributed by atoms with van der Waals surface area (Å²) in [5.74, 6) is 0.301. The second-order valence-corrected chi connectivity index (χ2v) is 6.11. The Labute approximate surface area is 106 Å². The van der Waals surface area contributed by atoms with Crippen LogP contribution in [0.25, 0.3) is 0 Å². The molecule has 2 N–H and O–H groups in total. The number of aryl methyl sites for hydroxylation is 2. The fraction of sp³-hybridized carbons (Fsp3) is 0.154. The van der Waals surface area contributed by atoms with Crippen LogP contribution in [0.5, 0.6) is 0 Å². The molecule has 0 saturated heterocycles. The predicted octanol–water partition coefficient (Wildman–Crippen LogP) is 2.11. The van der Waals surface area contributed by atoms with Gasteiger partial charge in [-0.05, 0) is 37.6 Å². The van der Waals surface area contributed by atoms with Crippen LogP contribution in [0.1, 0.15) is 11.1 Å². The summed E-state index contributed by atoms with van der Waals surface area (Å²) in [4.78, 5) is 4.28. The molecule has 0 saturated carbocycles. The number of nitrogen functional groups attached to an aromatic ring is 1. The normalized spacial score (nSPS) is 11.4. The van der Waals surface area contributed by atoms with Crippen LogP contribution in [0, 0.1) is 13.8 Å². The van der Waals surface area contributed by atoms with Crippen LogP contribution in [0.2, 0.25) is 0 Å². The molecule has 0 aliphatic carbocycles. The van der Waals surface area contributed by atoms with Gasteiger partial charge in [0.15, 0.2) is 0 Å². The van der Waals surface area contributed by atoms with Crippen molar-refractivity contribution in [1.29, 1.82) is 0 Å². The molecule has 5 heteroatoms. The van der Waals surface area contributed by atoms with Gasteiger partial charge in [0.25, 0.3) is 0 Å². The summed E-state index contributed by atoms with van der Waals surface area (Å²) in [5.41, 5.74) is 7.21. The zero-order valence-electron chi connectivity index (χ0n) is 10.2. The van der Waals surface area contributed by atoms with E-state index in [1.165, 1.54) is 18.3 Å². The molecule has 2 aromatic rings. The molecule has 2 rings (SSSR count). The van der Waals surface area contributed by atoms with Crippen molar-refractivity contribution in [1.82, 2.24) is 4.98 Å². The number of nitrogens with two attached hydrogens (primary N) is 1. The van der Waals surface area contributed by atoms with E-state index in [9.17, 15) is 8.42 Å². The van der Waals surface area contributed by atoms with Crippen LogP contribution < -0.4 is 5.73 Å². The van der Waals surface area contributed by atoms with E-state index in [2.05, 4.69) is 4.98 Å². The van der Waals surface area contributed by atoms with Crippen molar-refractivity contribution in [2.75, 3.05) is 5.73 Å². The minimum absolute atomic E-state index is 0.156. The third kappa shape index (κ3) is 2.22. The molecule has 0 spiro atoms. The highest BCUT2D eigenvalue weighted by molar-refractivity contribution is 7.91. The van der Waals surface area contributed by atoms with Crippen LogP contribution in [0.15, 0.2) is 46.3 Å². The number of rotatable bonds is 2. The molecular weight excluding hydrogens is 248 g/mol. The Kier molecular flexibility index (Phi) is 3.09. The molecule has 0 aliphatic heterocycles. The van der Waals surface area contributed by atoms with Gasteiger partial charge in [-0.1, -0.05) is 17.7 Å². The average Bonchev–Trinajstić information content (AvgIpc) is 2.29. The summed E-state index contributed by atoms with van der Waals surface area (Å²) in [5, 5.41) is 0. The quantitative estimate of drug-likeness (QED) is 0.899. The third-order valence-corrected chi connectivity index (χ3v) is 4.59. The van der Waals surface area contributed by atoms with E-state index in [0.717, 1.165) is 11.1 Å². The Morgan fingerprint density at radius 3 is 2.39 bits per heavy atom. The number of sulfone groups is 1. The van der Waals surface area contributed by atoms with E-state index in [1.54, 1.807) is 19.1 Å². The van der Waals surface area contributed by atoms with Gasteiger partial charge in [0.05, 0.1) is 9.79 Å².